The van der Waals surface area contributed by atoms with E-state index in [0.29, 0.717) is 13.1 Å². The van der Waals surface area contributed by atoms with Gasteiger partial charge in [-0.15, -0.1) is 0 Å². The van der Waals surface area contributed by atoms with Gasteiger partial charge < -0.3 is 15.4 Å². The average Bonchev–Trinajstić information content (AvgIpc) is 3.05. The van der Waals surface area contributed by atoms with Crippen molar-refractivity contribution in [2.45, 2.75) is 45.9 Å². The Balaban J connectivity index is 1.66. The molecule has 1 aromatic heterocycles. The first-order valence-corrected chi connectivity index (χ1v) is 8.45. The second-order valence-electron chi connectivity index (χ2n) is 6.86. The third-order valence-corrected chi connectivity index (χ3v) is 3.34. The van der Waals surface area contributed by atoms with Crippen LogP contribution in [-0.4, -0.2) is 38.9 Å². The molecule has 0 atom stereocenters. The number of hydrogen-bond acceptors (Lipinski definition) is 5. The van der Waals surface area contributed by atoms with Crippen molar-refractivity contribution in [2.24, 2.45) is 0 Å². The van der Waals surface area contributed by atoms with Crippen LogP contribution in [-0.2, 0) is 22.6 Å². The minimum Gasteiger partial charge on any atom is -0.444 e. The predicted molar refractivity (Wildman–Crippen MR) is 96.3 cm³/mol. The molecule has 0 saturated carbocycles. The molecule has 0 saturated heterocycles. The molecule has 0 spiro atoms. The molecular formula is C18H25N5O3. The number of aromatic nitrogens is 3. The summed E-state index contributed by atoms with van der Waals surface area (Å²) in [5.41, 5.74) is 1.56. The summed E-state index contributed by atoms with van der Waals surface area (Å²) in [6, 6.07) is 7.91. The molecular weight excluding hydrogens is 334 g/mol. The summed E-state index contributed by atoms with van der Waals surface area (Å²) < 4.78 is 6.85. The third-order valence-electron chi connectivity index (χ3n) is 3.34. The van der Waals surface area contributed by atoms with Crippen LogP contribution in [0, 0.1) is 0 Å². The van der Waals surface area contributed by atoms with Crippen molar-refractivity contribution in [3.05, 3.63) is 48.0 Å². The summed E-state index contributed by atoms with van der Waals surface area (Å²) in [6.45, 7) is 6.69. The molecule has 140 valence electrons. The fourth-order valence-corrected chi connectivity index (χ4v) is 2.15. The van der Waals surface area contributed by atoms with Gasteiger partial charge >= 0.3 is 6.09 Å². The molecule has 26 heavy (non-hydrogen) atoms. The highest BCUT2D eigenvalue weighted by Gasteiger charge is 2.15. The standard InChI is InChI=1S/C18H25N5O3/c1-18(2,3)26-17(25)20-9-8-16(24)21-10-14-4-6-15(7-5-14)11-23-13-19-12-22-23/h4-7,12-13H,8-11H2,1-3H3,(H,20,25)(H,21,24). The summed E-state index contributed by atoms with van der Waals surface area (Å²) in [6.07, 6.45) is 2.85. The fourth-order valence-electron chi connectivity index (χ4n) is 2.15. The number of rotatable bonds is 7. The fraction of sp³-hybridized carbons (Fsp3) is 0.444. The van der Waals surface area contributed by atoms with E-state index in [1.165, 1.54) is 6.33 Å². The van der Waals surface area contributed by atoms with Crippen LogP contribution in [0.5, 0.6) is 0 Å². The van der Waals surface area contributed by atoms with Crippen LogP contribution >= 0.6 is 0 Å². The maximum absolute atomic E-state index is 11.8. The van der Waals surface area contributed by atoms with Crippen molar-refractivity contribution >= 4 is 12.0 Å². The number of hydrogen-bond donors (Lipinski definition) is 2. The van der Waals surface area contributed by atoms with Crippen LogP contribution in [0.3, 0.4) is 0 Å². The Morgan fingerprint density at radius 3 is 2.42 bits per heavy atom. The van der Waals surface area contributed by atoms with E-state index in [9.17, 15) is 9.59 Å². The maximum atomic E-state index is 11.8. The lowest BCUT2D eigenvalue weighted by atomic mass is 10.1. The first kappa shape index (κ1) is 19.4. The Morgan fingerprint density at radius 2 is 1.81 bits per heavy atom. The smallest absolute Gasteiger partial charge is 0.407 e. The van der Waals surface area contributed by atoms with Gasteiger partial charge in [-0.3, -0.25) is 4.79 Å². The Morgan fingerprint density at radius 1 is 1.12 bits per heavy atom. The van der Waals surface area contributed by atoms with E-state index in [4.69, 9.17) is 4.74 Å². The lowest BCUT2D eigenvalue weighted by Crippen LogP contribution is -2.35. The van der Waals surface area contributed by atoms with Gasteiger partial charge in [-0.05, 0) is 31.9 Å². The minimum atomic E-state index is -0.549. The zero-order valence-electron chi connectivity index (χ0n) is 15.4. The minimum absolute atomic E-state index is 0.132. The van der Waals surface area contributed by atoms with E-state index >= 15 is 0 Å². The second-order valence-corrected chi connectivity index (χ2v) is 6.86. The summed E-state index contributed by atoms with van der Waals surface area (Å²) in [4.78, 5) is 27.2. The van der Waals surface area contributed by atoms with Gasteiger partial charge in [-0.25, -0.2) is 14.5 Å². The van der Waals surface area contributed by atoms with Crippen LogP contribution in [0.25, 0.3) is 0 Å². The summed E-state index contributed by atoms with van der Waals surface area (Å²) in [5.74, 6) is -0.132. The summed E-state index contributed by atoms with van der Waals surface area (Å²) >= 11 is 0. The van der Waals surface area contributed by atoms with Crippen molar-refractivity contribution in [1.82, 2.24) is 25.4 Å². The molecule has 1 aromatic carbocycles. The Kier molecular flexibility index (Phi) is 6.71. The molecule has 0 bridgehead atoms. The highest BCUT2D eigenvalue weighted by atomic mass is 16.6. The first-order chi connectivity index (χ1) is 12.3. The molecule has 0 aliphatic carbocycles. The molecule has 0 aliphatic rings. The Hall–Kier alpha value is -2.90. The highest BCUT2D eigenvalue weighted by molar-refractivity contribution is 5.77. The SMILES string of the molecule is CC(C)(C)OC(=O)NCCC(=O)NCc1ccc(Cn2cncn2)cc1. The zero-order chi connectivity index (χ0) is 19.0. The monoisotopic (exact) mass is 359 g/mol. The first-order valence-electron chi connectivity index (χ1n) is 8.45. The lowest BCUT2D eigenvalue weighted by Gasteiger charge is -2.19. The zero-order valence-corrected chi connectivity index (χ0v) is 15.4. The second kappa shape index (κ2) is 8.98. The van der Waals surface area contributed by atoms with Gasteiger partial charge in [-0.2, -0.15) is 5.10 Å². The molecule has 2 rings (SSSR count). The van der Waals surface area contributed by atoms with Crippen molar-refractivity contribution < 1.29 is 14.3 Å². The molecule has 8 heteroatoms. The van der Waals surface area contributed by atoms with Crippen LogP contribution in [0.2, 0.25) is 0 Å². The number of carbonyl (C=O) groups excluding carboxylic acids is 2. The number of ether oxygens (including phenoxy) is 1. The van der Waals surface area contributed by atoms with E-state index < -0.39 is 11.7 Å². The number of nitrogens with zero attached hydrogens (tertiary/aromatic N) is 3. The molecule has 0 unspecified atom stereocenters. The van der Waals surface area contributed by atoms with Gasteiger partial charge in [-0.1, -0.05) is 24.3 Å². The largest absolute Gasteiger partial charge is 0.444 e. The predicted octanol–water partition coefficient (Wildman–Crippen LogP) is 1.86. The number of benzene rings is 1. The molecule has 2 amide bonds. The van der Waals surface area contributed by atoms with E-state index in [1.54, 1.807) is 31.8 Å². The summed E-state index contributed by atoms with van der Waals surface area (Å²) in [5, 5.41) is 9.45. The van der Waals surface area contributed by atoms with Gasteiger partial charge in [0.1, 0.15) is 18.3 Å². The van der Waals surface area contributed by atoms with Crippen molar-refractivity contribution in [2.75, 3.05) is 6.54 Å². The Bertz CT molecular complexity index is 705. The van der Waals surface area contributed by atoms with Crippen molar-refractivity contribution in [1.29, 1.82) is 0 Å². The highest BCUT2D eigenvalue weighted by Crippen LogP contribution is 2.07. The maximum Gasteiger partial charge on any atom is 0.407 e. The number of amides is 2. The van der Waals surface area contributed by atoms with E-state index in [2.05, 4.69) is 20.7 Å². The van der Waals surface area contributed by atoms with Crippen molar-refractivity contribution in [3.63, 3.8) is 0 Å². The molecule has 2 N–H and O–H groups in total. The normalized spacial score (nSPS) is 11.0. The van der Waals surface area contributed by atoms with Gasteiger partial charge in [0.2, 0.25) is 5.91 Å². The average molecular weight is 359 g/mol. The van der Waals surface area contributed by atoms with Gasteiger partial charge in [0.05, 0.1) is 6.54 Å². The number of nitrogens with one attached hydrogen (secondary N) is 2. The molecule has 1 heterocycles. The molecule has 0 aliphatic heterocycles. The van der Waals surface area contributed by atoms with Crippen LogP contribution in [0.4, 0.5) is 4.79 Å². The quantitative estimate of drug-likeness (QED) is 0.786. The Labute approximate surface area is 153 Å². The molecule has 0 fully saturated rings. The van der Waals surface area contributed by atoms with Crippen LogP contribution in [0.15, 0.2) is 36.9 Å². The van der Waals surface area contributed by atoms with Gasteiger partial charge in [0.15, 0.2) is 0 Å². The summed E-state index contributed by atoms with van der Waals surface area (Å²) in [7, 11) is 0. The third kappa shape index (κ3) is 7.33. The van der Waals surface area contributed by atoms with E-state index in [-0.39, 0.29) is 18.9 Å². The van der Waals surface area contributed by atoms with Crippen LogP contribution < -0.4 is 10.6 Å². The van der Waals surface area contributed by atoms with E-state index in [1.807, 2.05) is 24.3 Å². The van der Waals surface area contributed by atoms with E-state index in [0.717, 1.165) is 11.1 Å². The molecule has 8 nitrogen and oxygen atoms in total. The number of carbonyl (C=O) groups is 2. The molecule has 2 aromatic rings. The van der Waals surface area contributed by atoms with Gasteiger partial charge in [0.25, 0.3) is 0 Å². The van der Waals surface area contributed by atoms with Gasteiger partial charge in [0, 0.05) is 19.5 Å². The number of alkyl carbamates (subject to hydrolysis) is 1. The topological polar surface area (TPSA) is 98.1 Å². The molecule has 0 radical (unpaired) electrons. The van der Waals surface area contributed by atoms with Crippen molar-refractivity contribution in [3.8, 4) is 0 Å². The lowest BCUT2D eigenvalue weighted by molar-refractivity contribution is -0.121. The van der Waals surface area contributed by atoms with Crippen LogP contribution in [0.1, 0.15) is 38.3 Å².